The van der Waals surface area contributed by atoms with Gasteiger partial charge < -0.3 is 9.80 Å². The molecule has 5 rings (SSSR count). The quantitative estimate of drug-likeness (QED) is 0.698. The Morgan fingerprint density at radius 3 is 2.48 bits per heavy atom. The highest BCUT2D eigenvalue weighted by atomic mass is 16.2. The van der Waals surface area contributed by atoms with Crippen LogP contribution in [-0.4, -0.2) is 28.9 Å². The van der Waals surface area contributed by atoms with Crippen LogP contribution in [0.1, 0.15) is 27.2 Å². The number of benzene rings is 2. The minimum absolute atomic E-state index is 0.0128. The smallest absolute Gasteiger partial charge is 0.272 e. The zero-order chi connectivity index (χ0) is 18.2. The van der Waals surface area contributed by atoms with Crippen molar-refractivity contribution in [3.05, 3.63) is 89.2 Å². The highest BCUT2D eigenvalue weighted by molar-refractivity contribution is 5.93. The van der Waals surface area contributed by atoms with Crippen molar-refractivity contribution in [3.8, 4) is 0 Å². The molecule has 0 unspecified atom stereocenters. The van der Waals surface area contributed by atoms with Gasteiger partial charge in [-0.25, -0.2) is 0 Å². The molecule has 0 saturated carbocycles. The molecule has 0 atom stereocenters. The number of carbonyl (C=O) groups is 1. The standard InChI is InChI=1S/C23H21N3O/c27-23(25-13-10-17-5-1-2-7-19(17)16-25)21-15-20(9-12-24-21)26-14-11-18-6-3-4-8-22(18)26/h1-9,12,15H,10-11,13-14,16H2. The van der Waals surface area contributed by atoms with Crippen LogP contribution in [0.5, 0.6) is 0 Å². The number of amides is 1. The summed E-state index contributed by atoms with van der Waals surface area (Å²) in [6, 6.07) is 20.8. The molecule has 3 aromatic rings. The molecule has 2 aliphatic heterocycles. The Hall–Kier alpha value is -3.14. The first-order valence-electron chi connectivity index (χ1n) is 9.47. The summed E-state index contributed by atoms with van der Waals surface area (Å²) < 4.78 is 0. The van der Waals surface area contributed by atoms with E-state index in [-0.39, 0.29) is 5.91 Å². The van der Waals surface area contributed by atoms with Gasteiger partial charge in [-0.1, -0.05) is 42.5 Å². The largest absolute Gasteiger partial charge is 0.341 e. The topological polar surface area (TPSA) is 36.4 Å². The summed E-state index contributed by atoms with van der Waals surface area (Å²) in [4.78, 5) is 21.6. The first kappa shape index (κ1) is 16.1. The van der Waals surface area contributed by atoms with Crippen LogP contribution in [0.25, 0.3) is 0 Å². The van der Waals surface area contributed by atoms with Crippen LogP contribution in [0, 0.1) is 0 Å². The predicted octanol–water partition coefficient (Wildman–Crippen LogP) is 3.97. The number of rotatable bonds is 2. The summed E-state index contributed by atoms with van der Waals surface area (Å²) in [6.45, 7) is 2.34. The highest BCUT2D eigenvalue weighted by Gasteiger charge is 2.24. The Balaban J connectivity index is 1.41. The van der Waals surface area contributed by atoms with Crippen molar-refractivity contribution in [1.82, 2.24) is 9.88 Å². The fourth-order valence-electron chi connectivity index (χ4n) is 4.14. The number of pyridine rings is 1. The molecule has 0 saturated heterocycles. The van der Waals surface area contributed by atoms with E-state index < -0.39 is 0 Å². The van der Waals surface area contributed by atoms with Gasteiger partial charge in [0.15, 0.2) is 0 Å². The monoisotopic (exact) mass is 355 g/mol. The summed E-state index contributed by atoms with van der Waals surface area (Å²) >= 11 is 0. The molecule has 1 aromatic heterocycles. The lowest BCUT2D eigenvalue weighted by Gasteiger charge is -2.29. The lowest BCUT2D eigenvalue weighted by molar-refractivity contribution is 0.0729. The number of nitrogens with zero attached hydrogens (tertiary/aromatic N) is 3. The van der Waals surface area contributed by atoms with Crippen molar-refractivity contribution in [1.29, 1.82) is 0 Å². The minimum Gasteiger partial charge on any atom is -0.341 e. The lowest BCUT2D eigenvalue weighted by Crippen LogP contribution is -2.36. The molecule has 2 aliphatic rings. The van der Waals surface area contributed by atoms with Crippen LogP contribution in [0.2, 0.25) is 0 Å². The predicted molar refractivity (Wildman–Crippen MR) is 106 cm³/mol. The van der Waals surface area contributed by atoms with Crippen molar-refractivity contribution >= 4 is 17.3 Å². The van der Waals surface area contributed by atoms with Crippen LogP contribution < -0.4 is 4.90 Å². The van der Waals surface area contributed by atoms with E-state index in [1.807, 2.05) is 23.1 Å². The van der Waals surface area contributed by atoms with Crippen LogP contribution in [0.3, 0.4) is 0 Å². The van der Waals surface area contributed by atoms with Gasteiger partial charge in [0.2, 0.25) is 0 Å². The van der Waals surface area contributed by atoms with Crippen LogP contribution in [0.15, 0.2) is 66.9 Å². The number of anilines is 2. The van der Waals surface area contributed by atoms with Crippen molar-refractivity contribution in [3.63, 3.8) is 0 Å². The summed E-state index contributed by atoms with van der Waals surface area (Å²) in [7, 11) is 0. The molecule has 3 heterocycles. The fourth-order valence-corrected chi connectivity index (χ4v) is 4.14. The number of carbonyl (C=O) groups excluding carboxylic acids is 1. The second kappa shape index (κ2) is 6.54. The molecule has 0 fully saturated rings. The maximum Gasteiger partial charge on any atom is 0.272 e. The van der Waals surface area contributed by atoms with E-state index >= 15 is 0 Å². The Bertz CT molecular complexity index is 1010. The first-order chi connectivity index (χ1) is 13.3. The molecular formula is C23H21N3O. The van der Waals surface area contributed by atoms with Gasteiger partial charge in [-0.05, 0) is 47.7 Å². The third kappa shape index (κ3) is 2.87. The number of aromatic nitrogens is 1. The van der Waals surface area contributed by atoms with Crippen LogP contribution in [-0.2, 0) is 19.4 Å². The van der Waals surface area contributed by atoms with Gasteiger partial charge in [0.1, 0.15) is 5.69 Å². The average molecular weight is 355 g/mol. The Morgan fingerprint density at radius 1 is 0.852 bits per heavy atom. The molecule has 2 aromatic carbocycles. The van der Waals surface area contributed by atoms with E-state index in [0.29, 0.717) is 12.2 Å². The maximum atomic E-state index is 13.1. The van der Waals surface area contributed by atoms with Crippen LogP contribution >= 0.6 is 0 Å². The second-order valence-corrected chi connectivity index (χ2v) is 7.18. The Kier molecular flexibility index (Phi) is 3.89. The Morgan fingerprint density at radius 2 is 1.59 bits per heavy atom. The number of para-hydroxylation sites is 1. The zero-order valence-electron chi connectivity index (χ0n) is 15.1. The molecular weight excluding hydrogens is 334 g/mol. The summed E-state index contributed by atoms with van der Waals surface area (Å²) in [6.07, 6.45) is 3.69. The average Bonchev–Trinajstić information content (AvgIpc) is 3.17. The van der Waals surface area contributed by atoms with Crippen LogP contribution in [0.4, 0.5) is 11.4 Å². The molecule has 4 heteroatoms. The van der Waals surface area contributed by atoms with Crippen molar-refractivity contribution in [2.45, 2.75) is 19.4 Å². The first-order valence-corrected chi connectivity index (χ1v) is 9.47. The number of hydrogen-bond donors (Lipinski definition) is 0. The Labute approximate surface area is 159 Å². The summed E-state index contributed by atoms with van der Waals surface area (Å²) in [5.41, 5.74) is 6.73. The summed E-state index contributed by atoms with van der Waals surface area (Å²) in [5, 5.41) is 0. The van der Waals surface area contributed by atoms with E-state index in [4.69, 9.17) is 0 Å². The molecule has 1 amide bonds. The molecule has 0 bridgehead atoms. The van der Waals surface area contributed by atoms with Gasteiger partial charge in [0.25, 0.3) is 5.91 Å². The van der Waals surface area contributed by atoms with Gasteiger partial charge >= 0.3 is 0 Å². The van der Waals surface area contributed by atoms with Crippen molar-refractivity contribution in [2.24, 2.45) is 0 Å². The van der Waals surface area contributed by atoms with Gasteiger partial charge in [-0.15, -0.1) is 0 Å². The third-order valence-electron chi connectivity index (χ3n) is 5.58. The van der Waals surface area contributed by atoms with Gasteiger partial charge in [0.05, 0.1) is 0 Å². The van der Waals surface area contributed by atoms with E-state index in [2.05, 4.69) is 52.3 Å². The molecule has 4 nitrogen and oxygen atoms in total. The third-order valence-corrected chi connectivity index (χ3v) is 5.58. The number of fused-ring (bicyclic) bond motifs is 2. The lowest BCUT2D eigenvalue weighted by atomic mass is 10.00. The van der Waals surface area contributed by atoms with Crippen molar-refractivity contribution < 1.29 is 4.79 Å². The maximum absolute atomic E-state index is 13.1. The zero-order valence-corrected chi connectivity index (χ0v) is 15.1. The molecule has 0 spiro atoms. The normalized spacial score (nSPS) is 15.4. The van der Waals surface area contributed by atoms with Gasteiger partial charge in [0, 0.05) is 37.2 Å². The molecule has 0 radical (unpaired) electrons. The number of hydrogen-bond acceptors (Lipinski definition) is 3. The molecule has 0 aliphatic carbocycles. The van der Waals surface area contributed by atoms with E-state index in [1.165, 1.54) is 22.4 Å². The molecule has 134 valence electrons. The summed E-state index contributed by atoms with van der Waals surface area (Å²) in [5.74, 6) is 0.0128. The second-order valence-electron chi connectivity index (χ2n) is 7.18. The van der Waals surface area contributed by atoms with E-state index in [0.717, 1.165) is 31.6 Å². The molecule has 27 heavy (non-hydrogen) atoms. The highest BCUT2D eigenvalue weighted by Crippen LogP contribution is 2.34. The fraction of sp³-hybridized carbons (Fsp3) is 0.217. The van der Waals surface area contributed by atoms with Gasteiger partial charge in [-0.3, -0.25) is 9.78 Å². The van der Waals surface area contributed by atoms with E-state index in [1.54, 1.807) is 6.20 Å². The minimum atomic E-state index is 0.0128. The van der Waals surface area contributed by atoms with Crippen molar-refractivity contribution in [2.75, 3.05) is 18.0 Å². The van der Waals surface area contributed by atoms with E-state index in [9.17, 15) is 4.79 Å². The van der Waals surface area contributed by atoms with Gasteiger partial charge in [-0.2, -0.15) is 0 Å². The SMILES string of the molecule is O=C(c1cc(N2CCc3ccccc32)ccn1)N1CCc2ccccc2C1. The molecule has 0 N–H and O–H groups in total.